The Morgan fingerprint density at radius 3 is 2.75 bits per heavy atom. The van der Waals surface area contributed by atoms with E-state index < -0.39 is 5.97 Å². The molecular formula is C14H23N3O3. The average Bonchev–Trinajstić information content (AvgIpc) is 2.34. The molecule has 0 amide bonds. The van der Waals surface area contributed by atoms with Gasteiger partial charge in [0.25, 0.3) is 0 Å². The molecule has 0 bridgehead atoms. The van der Waals surface area contributed by atoms with Gasteiger partial charge in [-0.3, -0.25) is 0 Å². The third kappa shape index (κ3) is 4.79. The number of pyridine rings is 1. The van der Waals surface area contributed by atoms with Gasteiger partial charge in [-0.1, -0.05) is 0 Å². The van der Waals surface area contributed by atoms with Crippen LogP contribution in [-0.2, 0) is 4.74 Å². The first-order valence-corrected chi connectivity index (χ1v) is 6.58. The van der Waals surface area contributed by atoms with Crippen molar-refractivity contribution in [3.8, 4) is 0 Å². The molecule has 1 aromatic heterocycles. The summed E-state index contributed by atoms with van der Waals surface area (Å²) in [5.74, 6) is -0.514. The molecule has 0 radical (unpaired) electrons. The van der Waals surface area contributed by atoms with Gasteiger partial charge in [0, 0.05) is 32.4 Å². The summed E-state index contributed by atoms with van der Waals surface area (Å²) in [6.45, 7) is 6.58. The van der Waals surface area contributed by atoms with Crippen molar-refractivity contribution in [2.45, 2.75) is 13.8 Å². The van der Waals surface area contributed by atoms with Gasteiger partial charge in [-0.05, 0) is 32.5 Å². The molecule has 6 nitrogen and oxygen atoms in total. The fourth-order valence-corrected chi connectivity index (χ4v) is 1.96. The number of likely N-dealkylation sites (N-methyl/N-ethyl adjacent to an activating group) is 1. The molecule has 1 aromatic rings. The van der Waals surface area contributed by atoms with E-state index in [0.717, 1.165) is 24.3 Å². The van der Waals surface area contributed by atoms with E-state index in [4.69, 9.17) is 4.74 Å². The Kier molecular flexibility index (Phi) is 6.41. The van der Waals surface area contributed by atoms with E-state index in [2.05, 4.69) is 15.2 Å². The van der Waals surface area contributed by atoms with Crippen LogP contribution in [-0.4, -0.2) is 61.4 Å². The number of carboxylic acid groups (broad SMARTS) is 1. The molecule has 112 valence electrons. The van der Waals surface area contributed by atoms with E-state index in [1.54, 1.807) is 20.1 Å². The van der Waals surface area contributed by atoms with E-state index in [1.807, 2.05) is 14.0 Å². The Morgan fingerprint density at radius 1 is 1.45 bits per heavy atom. The number of aryl methyl sites for hydroxylation is 2. The molecule has 2 N–H and O–H groups in total. The van der Waals surface area contributed by atoms with E-state index in [0.29, 0.717) is 19.0 Å². The highest BCUT2D eigenvalue weighted by atomic mass is 16.5. The van der Waals surface area contributed by atoms with Crippen molar-refractivity contribution in [2.75, 3.05) is 45.7 Å². The SMILES string of the molecule is COCCN(C)CCNc1nc(C)cc(C)c1C(=O)O. The number of carboxylic acids is 1. The summed E-state index contributed by atoms with van der Waals surface area (Å²) < 4.78 is 5.01. The highest BCUT2D eigenvalue weighted by molar-refractivity contribution is 5.94. The molecule has 20 heavy (non-hydrogen) atoms. The van der Waals surface area contributed by atoms with Crippen LogP contribution < -0.4 is 5.32 Å². The van der Waals surface area contributed by atoms with E-state index in [-0.39, 0.29) is 5.56 Å². The maximum Gasteiger partial charge on any atom is 0.339 e. The highest BCUT2D eigenvalue weighted by Crippen LogP contribution is 2.18. The van der Waals surface area contributed by atoms with Crippen LogP contribution >= 0.6 is 0 Å². The van der Waals surface area contributed by atoms with Crippen molar-refractivity contribution in [2.24, 2.45) is 0 Å². The number of nitrogens with one attached hydrogen (secondary N) is 1. The number of carbonyl (C=O) groups is 1. The second-order valence-corrected chi connectivity index (χ2v) is 4.83. The van der Waals surface area contributed by atoms with Crippen LogP contribution in [0.5, 0.6) is 0 Å². The van der Waals surface area contributed by atoms with Gasteiger partial charge < -0.3 is 20.1 Å². The topological polar surface area (TPSA) is 74.7 Å². The second-order valence-electron chi connectivity index (χ2n) is 4.83. The minimum absolute atomic E-state index is 0.246. The van der Waals surface area contributed by atoms with Gasteiger partial charge in [-0.15, -0.1) is 0 Å². The first-order valence-electron chi connectivity index (χ1n) is 6.58. The van der Waals surface area contributed by atoms with Crippen LogP contribution in [0.4, 0.5) is 5.82 Å². The zero-order valence-corrected chi connectivity index (χ0v) is 12.6. The quantitative estimate of drug-likeness (QED) is 0.750. The van der Waals surface area contributed by atoms with Crippen molar-refractivity contribution in [1.29, 1.82) is 0 Å². The molecule has 0 aliphatic heterocycles. The lowest BCUT2D eigenvalue weighted by Gasteiger charge is -2.17. The minimum Gasteiger partial charge on any atom is -0.478 e. The molecule has 0 saturated heterocycles. The van der Waals surface area contributed by atoms with E-state index in [9.17, 15) is 9.90 Å². The molecule has 1 rings (SSSR count). The summed E-state index contributed by atoms with van der Waals surface area (Å²) in [6.07, 6.45) is 0. The van der Waals surface area contributed by atoms with Crippen molar-refractivity contribution in [3.63, 3.8) is 0 Å². The largest absolute Gasteiger partial charge is 0.478 e. The summed E-state index contributed by atoms with van der Waals surface area (Å²) in [5.41, 5.74) is 1.78. The first kappa shape index (κ1) is 16.4. The van der Waals surface area contributed by atoms with Crippen LogP contribution in [0.1, 0.15) is 21.6 Å². The highest BCUT2D eigenvalue weighted by Gasteiger charge is 2.15. The van der Waals surface area contributed by atoms with Crippen LogP contribution in [0.25, 0.3) is 0 Å². The van der Waals surface area contributed by atoms with Crippen molar-refractivity contribution < 1.29 is 14.6 Å². The Morgan fingerprint density at radius 2 is 2.15 bits per heavy atom. The zero-order valence-electron chi connectivity index (χ0n) is 12.6. The minimum atomic E-state index is -0.953. The number of nitrogens with zero attached hydrogens (tertiary/aromatic N) is 2. The van der Waals surface area contributed by atoms with Crippen LogP contribution in [0.2, 0.25) is 0 Å². The fourth-order valence-electron chi connectivity index (χ4n) is 1.96. The molecule has 0 aliphatic carbocycles. The van der Waals surface area contributed by atoms with Crippen molar-refractivity contribution in [3.05, 3.63) is 22.9 Å². The lowest BCUT2D eigenvalue weighted by atomic mass is 10.1. The maximum atomic E-state index is 11.3. The molecule has 0 fully saturated rings. The number of hydrogen-bond donors (Lipinski definition) is 2. The third-order valence-electron chi connectivity index (χ3n) is 3.02. The van der Waals surface area contributed by atoms with Gasteiger partial charge in [-0.25, -0.2) is 9.78 Å². The normalized spacial score (nSPS) is 10.8. The Hall–Kier alpha value is -1.66. The predicted octanol–water partition coefficient (Wildman–Crippen LogP) is 1.39. The lowest BCUT2D eigenvalue weighted by molar-refractivity contribution is 0.0697. The molecule has 6 heteroatoms. The Labute approximate surface area is 119 Å². The second kappa shape index (κ2) is 7.81. The van der Waals surface area contributed by atoms with Crippen molar-refractivity contribution >= 4 is 11.8 Å². The summed E-state index contributed by atoms with van der Waals surface area (Å²) >= 11 is 0. The molecule has 0 unspecified atom stereocenters. The monoisotopic (exact) mass is 281 g/mol. The molecule has 0 atom stereocenters. The zero-order chi connectivity index (χ0) is 15.1. The van der Waals surface area contributed by atoms with E-state index in [1.165, 1.54) is 0 Å². The molecule has 1 heterocycles. The van der Waals surface area contributed by atoms with Gasteiger partial charge in [-0.2, -0.15) is 0 Å². The maximum absolute atomic E-state index is 11.3. The molecular weight excluding hydrogens is 258 g/mol. The smallest absolute Gasteiger partial charge is 0.339 e. The third-order valence-corrected chi connectivity index (χ3v) is 3.02. The summed E-state index contributed by atoms with van der Waals surface area (Å²) in [4.78, 5) is 17.7. The predicted molar refractivity (Wildman–Crippen MR) is 78.5 cm³/mol. The van der Waals surface area contributed by atoms with Gasteiger partial charge in [0.15, 0.2) is 0 Å². The molecule has 0 saturated carbocycles. The number of methoxy groups -OCH3 is 1. The van der Waals surface area contributed by atoms with Gasteiger partial charge in [0.2, 0.25) is 0 Å². The number of aromatic nitrogens is 1. The summed E-state index contributed by atoms with van der Waals surface area (Å²) in [7, 11) is 3.67. The van der Waals surface area contributed by atoms with Gasteiger partial charge in [0.1, 0.15) is 11.4 Å². The van der Waals surface area contributed by atoms with Crippen molar-refractivity contribution in [1.82, 2.24) is 9.88 Å². The van der Waals surface area contributed by atoms with Gasteiger partial charge >= 0.3 is 5.97 Å². The average molecular weight is 281 g/mol. The van der Waals surface area contributed by atoms with Crippen LogP contribution in [0.15, 0.2) is 6.07 Å². The standard InChI is InChI=1S/C14H23N3O3/c1-10-9-11(2)16-13(12(10)14(18)19)15-5-6-17(3)7-8-20-4/h9H,5-8H2,1-4H3,(H,15,16)(H,18,19). The number of hydrogen-bond acceptors (Lipinski definition) is 5. The molecule has 0 aromatic carbocycles. The molecule has 0 spiro atoms. The van der Waals surface area contributed by atoms with Crippen LogP contribution in [0.3, 0.4) is 0 Å². The fraction of sp³-hybridized carbons (Fsp3) is 0.571. The number of ether oxygens (including phenoxy) is 1. The number of rotatable bonds is 8. The Balaban J connectivity index is 2.65. The molecule has 0 aliphatic rings. The van der Waals surface area contributed by atoms with E-state index >= 15 is 0 Å². The number of aromatic carboxylic acids is 1. The Bertz CT molecular complexity index is 463. The summed E-state index contributed by atoms with van der Waals surface area (Å²) in [5, 5.41) is 12.4. The van der Waals surface area contributed by atoms with Gasteiger partial charge in [0.05, 0.1) is 6.61 Å². The number of anilines is 1. The first-order chi connectivity index (χ1) is 9.45. The van der Waals surface area contributed by atoms with Crippen LogP contribution in [0, 0.1) is 13.8 Å². The summed E-state index contributed by atoms with van der Waals surface area (Å²) in [6, 6.07) is 1.78. The lowest BCUT2D eigenvalue weighted by Crippen LogP contribution is -2.28.